The highest BCUT2D eigenvalue weighted by Gasteiger charge is 2.31. The van der Waals surface area contributed by atoms with Crippen LogP contribution in [0.15, 0.2) is 4.42 Å². The van der Waals surface area contributed by atoms with Crippen LogP contribution in [0.1, 0.15) is 53.2 Å². The molecule has 1 aromatic rings. The Kier molecular flexibility index (Phi) is 7.33. The number of ether oxygens (including phenoxy) is 2. The molecule has 2 rings (SSSR count). The van der Waals surface area contributed by atoms with Crippen LogP contribution in [0.25, 0.3) is 0 Å². The second-order valence-electron chi connectivity index (χ2n) is 6.79. The van der Waals surface area contributed by atoms with Gasteiger partial charge in [0.2, 0.25) is 5.88 Å². The molecule has 9 heteroatoms. The number of amides is 1. The number of nitrogens with one attached hydrogen (secondary N) is 2. The normalized spacial score (nSPS) is 19.0. The predicted molar refractivity (Wildman–Crippen MR) is 98.3 cm³/mol. The van der Waals surface area contributed by atoms with E-state index in [-0.39, 0.29) is 59.5 Å². The highest BCUT2D eigenvalue weighted by Crippen LogP contribution is 2.28. The molecule has 1 amide bonds. The molecule has 0 unspecified atom stereocenters. The van der Waals surface area contributed by atoms with Crippen LogP contribution in [0.2, 0.25) is 0 Å². The maximum absolute atomic E-state index is 12.5. The Hall–Kier alpha value is -2.68. The minimum atomic E-state index is -0.717. The standard InChI is InChI=1S/C19H26N2O7/c1-5-27-19(25)16-15(11(2)22)12(3)28-17(16)20-14(23)10-21-8-6-13(7-9-21)18(24)26-4/h13H,5-10H2,1-4H3,(H,20,23)/p+1. The number of esters is 2. The van der Waals surface area contributed by atoms with Gasteiger partial charge in [0.05, 0.1) is 38.3 Å². The molecule has 0 radical (unpaired) electrons. The van der Waals surface area contributed by atoms with Gasteiger partial charge in [-0.05, 0) is 20.8 Å². The number of methoxy groups -OCH3 is 1. The van der Waals surface area contributed by atoms with Gasteiger partial charge in [-0.3, -0.25) is 19.7 Å². The Morgan fingerprint density at radius 1 is 1.18 bits per heavy atom. The average molecular weight is 395 g/mol. The van der Waals surface area contributed by atoms with E-state index in [1.54, 1.807) is 13.8 Å². The van der Waals surface area contributed by atoms with E-state index in [0.29, 0.717) is 25.9 Å². The molecule has 0 bridgehead atoms. The third-order valence-corrected chi connectivity index (χ3v) is 4.81. The number of Topliss-reactive ketones (excluding diaryl/α,β-unsaturated/α-hetero) is 1. The number of likely N-dealkylation sites (tertiary alicyclic amines) is 1. The fourth-order valence-electron chi connectivity index (χ4n) is 3.46. The van der Waals surface area contributed by atoms with E-state index in [1.165, 1.54) is 14.0 Å². The van der Waals surface area contributed by atoms with E-state index in [1.807, 2.05) is 0 Å². The molecule has 28 heavy (non-hydrogen) atoms. The van der Waals surface area contributed by atoms with Gasteiger partial charge >= 0.3 is 11.9 Å². The van der Waals surface area contributed by atoms with E-state index in [0.717, 1.165) is 4.90 Å². The molecular formula is C19H27N2O7+. The van der Waals surface area contributed by atoms with Crippen LogP contribution in [0.5, 0.6) is 0 Å². The Labute approximate surface area is 163 Å². The fraction of sp³-hybridized carbons (Fsp3) is 0.579. The van der Waals surface area contributed by atoms with Crippen molar-refractivity contribution in [3.8, 4) is 0 Å². The minimum absolute atomic E-state index is 0.0559. The summed E-state index contributed by atoms with van der Waals surface area (Å²) in [5.74, 6) is -1.58. The summed E-state index contributed by atoms with van der Waals surface area (Å²) in [4.78, 5) is 49.2. The van der Waals surface area contributed by atoms with Crippen LogP contribution < -0.4 is 10.2 Å². The zero-order valence-corrected chi connectivity index (χ0v) is 16.7. The molecule has 0 atom stereocenters. The van der Waals surface area contributed by atoms with Gasteiger partial charge in [-0.2, -0.15) is 0 Å². The summed E-state index contributed by atoms with van der Waals surface area (Å²) in [5, 5.41) is 2.59. The summed E-state index contributed by atoms with van der Waals surface area (Å²) in [6.07, 6.45) is 1.30. The number of piperidine rings is 1. The van der Waals surface area contributed by atoms with Crippen molar-refractivity contribution in [2.24, 2.45) is 5.92 Å². The van der Waals surface area contributed by atoms with Gasteiger partial charge in [0.25, 0.3) is 5.91 Å². The summed E-state index contributed by atoms with van der Waals surface area (Å²) in [6.45, 7) is 6.14. The maximum atomic E-state index is 12.5. The first-order chi connectivity index (χ1) is 13.3. The Morgan fingerprint density at radius 3 is 2.36 bits per heavy atom. The Balaban J connectivity index is 2.06. The van der Waals surface area contributed by atoms with E-state index in [4.69, 9.17) is 13.9 Å². The molecule has 154 valence electrons. The smallest absolute Gasteiger partial charge is 0.344 e. The SMILES string of the molecule is CCOC(=O)c1c(NC(=O)C[NH+]2CCC(C(=O)OC)CC2)oc(C)c1C(C)=O. The van der Waals surface area contributed by atoms with Crippen molar-refractivity contribution in [2.75, 3.05) is 38.7 Å². The van der Waals surface area contributed by atoms with Gasteiger partial charge < -0.3 is 18.8 Å². The number of quaternary nitrogens is 1. The zero-order chi connectivity index (χ0) is 20.8. The second-order valence-corrected chi connectivity index (χ2v) is 6.79. The lowest BCUT2D eigenvalue weighted by atomic mass is 9.97. The van der Waals surface area contributed by atoms with Crippen LogP contribution >= 0.6 is 0 Å². The molecule has 1 aliphatic rings. The largest absolute Gasteiger partial charge is 0.469 e. The molecule has 1 fully saturated rings. The molecular weight excluding hydrogens is 368 g/mol. The quantitative estimate of drug-likeness (QED) is 0.506. The molecule has 0 aromatic carbocycles. The molecule has 1 aliphatic heterocycles. The topological polar surface area (TPSA) is 116 Å². The molecule has 0 saturated carbocycles. The van der Waals surface area contributed by atoms with Crippen LogP contribution in [0, 0.1) is 12.8 Å². The first kappa shape index (κ1) is 21.6. The molecule has 0 spiro atoms. The Morgan fingerprint density at radius 2 is 1.82 bits per heavy atom. The monoisotopic (exact) mass is 395 g/mol. The van der Waals surface area contributed by atoms with E-state index in [2.05, 4.69) is 5.32 Å². The van der Waals surface area contributed by atoms with Gasteiger partial charge in [0, 0.05) is 12.8 Å². The highest BCUT2D eigenvalue weighted by molar-refractivity contribution is 6.10. The van der Waals surface area contributed by atoms with E-state index in [9.17, 15) is 19.2 Å². The van der Waals surface area contributed by atoms with Crippen LogP contribution in [0.4, 0.5) is 5.88 Å². The molecule has 1 aromatic heterocycles. The lowest BCUT2D eigenvalue weighted by Gasteiger charge is -2.27. The van der Waals surface area contributed by atoms with Crippen molar-refractivity contribution < 1.29 is 38.0 Å². The van der Waals surface area contributed by atoms with Gasteiger partial charge in [-0.25, -0.2) is 4.79 Å². The molecule has 1 saturated heterocycles. The lowest BCUT2D eigenvalue weighted by molar-refractivity contribution is -0.897. The van der Waals surface area contributed by atoms with Crippen molar-refractivity contribution in [3.05, 3.63) is 16.9 Å². The summed E-state index contributed by atoms with van der Waals surface area (Å²) >= 11 is 0. The van der Waals surface area contributed by atoms with Crippen molar-refractivity contribution in [1.82, 2.24) is 0 Å². The summed E-state index contributed by atoms with van der Waals surface area (Å²) in [5.41, 5.74) is 0.0552. The highest BCUT2D eigenvalue weighted by atomic mass is 16.5. The molecule has 2 heterocycles. The van der Waals surface area contributed by atoms with Crippen molar-refractivity contribution in [3.63, 3.8) is 0 Å². The minimum Gasteiger partial charge on any atom is -0.469 e. The number of rotatable bonds is 7. The van der Waals surface area contributed by atoms with Crippen LogP contribution in [-0.2, 0) is 19.1 Å². The Bertz CT molecular complexity index is 761. The number of anilines is 1. The van der Waals surface area contributed by atoms with Crippen molar-refractivity contribution in [1.29, 1.82) is 0 Å². The number of ketones is 1. The number of hydrogen-bond acceptors (Lipinski definition) is 7. The number of hydrogen-bond donors (Lipinski definition) is 2. The lowest BCUT2D eigenvalue weighted by Crippen LogP contribution is -3.14. The molecule has 0 aliphatic carbocycles. The number of aryl methyl sites for hydroxylation is 1. The van der Waals surface area contributed by atoms with Gasteiger partial charge in [0.15, 0.2) is 12.3 Å². The van der Waals surface area contributed by atoms with Crippen molar-refractivity contribution >= 4 is 29.5 Å². The zero-order valence-electron chi connectivity index (χ0n) is 16.7. The van der Waals surface area contributed by atoms with Gasteiger partial charge in [-0.15, -0.1) is 0 Å². The van der Waals surface area contributed by atoms with Gasteiger partial charge in [-0.1, -0.05) is 0 Å². The van der Waals surface area contributed by atoms with E-state index < -0.39 is 5.97 Å². The molecule has 9 nitrogen and oxygen atoms in total. The van der Waals surface area contributed by atoms with Crippen molar-refractivity contribution in [2.45, 2.75) is 33.6 Å². The first-order valence-corrected chi connectivity index (χ1v) is 9.31. The number of furan rings is 1. The predicted octanol–water partition coefficient (Wildman–Crippen LogP) is 0.374. The third-order valence-electron chi connectivity index (χ3n) is 4.81. The van der Waals surface area contributed by atoms with Crippen LogP contribution in [-0.4, -0.2) is 57.0 Å². The van der Waals surface area contributed by atoms with Gasteiger partial charge in [0.1, 0.15) is 11.3 Å². The first-order valence-electron chi connectivity index (χ1n) is 9.31. The second kappa shape index (κ2) is 9.50. The van der Waals surface area contributed by atoms with E-state index >= 15 is 0 Å². The molecule has 2 N–H and O–H groups in total. The number of carbonyl (C=O) groups excluding carboxylic acids is 4. The van der Waals surface area contributed by atoms with Crippen LogP contribution in [0.3, 0.4) is 0 Å². The number of carbonyl (C=O) groups is 4. The fourth-order valence-corrected chi connectivity index (χ4v) is 3.46. The summed E-state index contributed by atoms with van der Waals surface area (Å²) < 4.78 is 15.2. The third kappa shape index (κ3) is 4.98. The summed E-state index contributed by atoms with van der Waals surface area (Å²) in [7, 11) is 1.37. The maximum Gasteiger partial charge on any atom is 0.344 e. The summed E-state index contributed by atoms with van der Waals surface area (Å²) in [6, 6.07) is 0. The average Bonchev–Trinajstić information content (AvgIpc) is 2.97.